The van der Waals surface area contributed by atoms with Crippen LogP contribution < -0.4 is 19.5 Å². The number of piperidine rings is 1. The molecular formula is C33H35FN2O7. The third-order valence-corrected chi connectivity index (χ3v) is 8.68. The first-order valence-corrected chi connectivity index (χ1v) is 14.8. The molecule has 2 amide bonds. The molecule has 2 aliphatic carbocycles. The van der Waals surface area contributed by atoms with Crippen molar-refractivity contribution in [2.24, 2.45) is 5.92 Å². The van der Waals surface area contributed by atoms with Crippen LogP contribution in [-0.2, 0) is 4.79 Å². The standard InChI is InChI=1S/C33H35FN2O7/c34-23-5-7-25(8-6-23)41-28-19-24(35-31(39)36-17-15-32(40,16-18-36)22-3-1-2-4-22)20-29(21-28)42-26-9-11-27(12-10-26)43-33(13-14-33)30(37)38/h5-12,19-22,40H,1-4,13-18H2,(H,35,39)(H,37,38). The van der Waals surface area contributed by atoms with Crippen molar-refractivity contribution in [3.63, 3.8) is 0 Å². The van der Waals surface area contributed by atoms with Gasteiger partial charge in [-0.15, -0.1) is 0 Å². The van der Waals surface area contributed by atoms with Crippen molar-refractivity contribution < 1.29 is 38.4 Å². The molecule has 3 fully saturated rings. The highest BCUT2D eigenvalue weighted by Gasteiger charge is 2.53. The number of hydrogen-bond acceptors (Lipinski definition) is 6. The van der Waals surface area contributed by atoms with Crippen LogP contribution >= 0.6 is 0 Å². The summed E-state index contributed by atoms with van der Waals surface area (Å²) in [6.07, 6.45) is 6.45. The molecule has 3 aromatic carbocycles. The Morgan fingerprint density at radius 2 is 1.33 bits per heavy atom. The van der Waals surface area contributed by atoms with Crippen LogP contribution in [0.5, 0.6) is 28.7 Å². The number of carbonyl (C=O) groups excluding carboxylic acids is 1. The fourth-order valence-corrected chi connectivity index (χ4v) is 5.98. The molecule has 3 N–H and O–H groups in total. The second kappa shape index (κ2) is 11.8. The van der Waals surface area contributed by atoms with E-state index in [-0.39, 0.29) is 11.8 Å². The molecule has 3 aliphatic rings. The number of likely N-dealkylation sites (tertiary alicyclic amines) is 1. The Hall–Kier alpha value is -4.31. The van der Waals surface area contributed by atoms with Gasteiger partial charge in [0, 0.05) is 49.8 Å². The first kappa shape index (κ1) is 28.8. The van der Waals surface area contributed by atoms with E-state index in [9.17, 15) is 24.2 Å². The molecule has 6 rings (SSSR count). The normalized spacial score (nSPS) is 19.0. The van der Waals surface area contributed by atoms with Crippen LogP contribution in [0.3, 0.4) is 0 Å². The lowest BCUT2D eigenvalue weighted by atomic mass is 9.78. The van der Waals surface area contributed by atoms with E-state index in [0.717, 1.165) is 25.7 Å². The van der Waals surface area contributed by atoms with Crippen molar-refractivity contribution in [2.45, 2.75) is 62.6 Å². The Balaban J connectivity index is 1.16. The summed E-state index contributed by atoms with van der Waals surface area (Å²) in [5.74, 6) is 0.988. The molecule has 0 bridgehead atoms. The number of hydrogen-bond donors (Lipinski definition) is 3. The number of carboxylic acids is 1. The number of benzene rings is 3. The minimum absolute atomic E-state index is 0.285. The van der Waals surface area contributed by atoms with Crippen LogP contribution in [0.25, 0.3) is 0 Å². The number of halogens is 1. The quantitative estimate of drug-likeness (QED) is 0.247. The maximum Gasteiger partial charge on any atom is 0.348 e. The highest BCUT2D eigenvalue weighted by molar-refractivity contribution is 5.90. The molecule has 0 radical (unpaired) electrons. The molecule has 43 heavy (non-hydrogen) atoms. The number of nitrogens with one attached hydrogen (secondary N) is 1. The predicted octanol–water partition coefficient (Wildman–Crippen LogP) is 6.96. The van der Waals surface area contributed by atoms with Gasteiger partial charge in [-0.1, -0.05) is 12.8 Å². The van der Waals surface area contributed by atoms with Gasteiger partial charge in [0.05, 0.1) is 5.60 Å². The van der Waals surface area contributed by atoms with Crippen LogP contribution in [0.4, 0.5) is 14.9 Å². The molecule has 0 spiro atoms. The fraction of sp³-hybridized carbons (Fsp3) is 0.394. The van der Waals surface area contributed by atoms with Gasteiger partial charge in [0.1, 0.15) is 34.6 Å². The van der Waals surface area contributed by atoms with Gasteiger partial charge in [-0.3, -0.25) is 0 Å². The Labute approximate surface area is 249 Å². The van der Waals surface area contributed by atoms with E-state index in [1.165, 1.54) is 24.3 Å². The van der Waals surface area contributed by atoms with Crippen LogP contribution in [0.15, 0.2) is 66.7 Å². The molecule has 1 heterocycles. The first-order chi connectivity index (χ1) is 20.7. The molecule has 10 heteroatoms. The third-order valence-electron chi connectivity index (χ3n) is 8.68. The summed E-state index contributed by atoms with van der Waals surface area (Å²) in [7, 11) is 0. The van der Waals surface area contributed by atoms with Crippen LogP contribution in [0.2, 0.25) is 0 Å². The summed E-state index contributed by atoms with van der Waals surface area (Å²) in [5, 5.41) is 23.5. The molecule has 0 atom stereocenters. The molecule has 2 saturated carbocycles. The van der Waals surface area contributed by atoms with Gasteiger partial charge in [-0.25, -0.2) is 14.0 Å². The Morgan fingerprint density at radius 3 is 1.86 bits per heavy atom. The van der Waals surface area contributed by atoms with Gasteiger partial charge in [0.25, 0.3) is 0 Å². The Morgan fingerprint density at radius 1 is 0.791 bits per heavy atom. The summed E-state index contributed by atoms with van der Waals surface area (Å²) < 4.78 is 31.1. The minimum Gasteiger partial charge on any atom is -0.478 e. The minimum atomic E-state index is -1.15. The Bertz CT molecular complexity index is 1460. The van der Waals surface area contributed by atoms with E-state index in [1.807, 2.05) is 0 Å². The highest BCUT2D eigenvalue weighted by Crippen LogP contribution is 2.42. The number of anilines is 1. The van der Waals surface area contributed by atoms with Crippen LogP contribution in [-0.4, -0.2) is 51.4 Å². The van der Waals surface area contributed by atoms with E-state index < -0.39 is 17.2 Å². The smallest absolute Gasteiger partial charge is 0.348 e. The number of carbonyl (C=O) groups is 2. The number of aliphatic hydroxyl groups is 1. The number of aliphatic carboxylic acids is 1. The van der Waals surface area contributed by atoms with Crippen molar-refractivity contribution in [1.82, 2.24) is 4.90 Å². The average molecular weight is 591 g/mol. The van der Waals surface area contributed by atoms with E-state index in [4.69, 9.17) is 14.2 Å². The SMILES string of the molecule is O=C(Nc1cc(Oc2ccc(F)cc2)cc(Oc2ccc(OC3(C(=O)O)CC3)cc2)c1)N1CCC(O)(C2CCCC2)CC1. The first-order valence-electron chi connectivity index (χ1n) is 14.8. The average Bonchev–Trinajstić information content (AvgIpc) is 3.55. The van der Waals surface area contributed by atoms with Gasteiger partial charge in [-0.2, -0.15) is 0 Å². The molecule has 0 aromatic heterocycles. The Kier molecular flexibility index (Phi) is 7.87. The monoisotopic (exact) mass is 590 g/mol. The van der Waals surface area contributed by atoms with Crippen LogP contribution in [0.1, 0.15) is 51.4 Å². The van der Waals surface area contributed by atoms with Crippen molar-refractivity contribution >= 4 is 17.7 Å². The highest BCUT2D eigenvalue weighted by atomic mass is 19.1. The maximum atomic E-state index is 13.4. The summed E-state index contributed by atoms with van der Waals surface area (Å²) in [5.41, 5.74) is -1.41. The van der Waals surface area contributed by atoms with Gasteiger partial charge in [-0.05, 0) is 80.1 Å². The molecular weight excluding hydrogens is 555 g/mol. The number of carboxylic acid groups (broad SMARTS) is 1. The lowest BCUT2D eigenvalue weighted by Gasteiger charge is -2.41. The van der Waals surface area contributed by atoms with E-state index in [1.54, 1.807) is 47.4 Å². The number of urea groups is 1. The molecule has 1 saturated heterocycles. The lowest BCUT2D eigenvalue weighted by Crippen LogP contribution is -2.50. The van der Waals surface area contributed by atoms with Crippen molar-refractivity contribution in [2.75, 3.05) is 18.4 Å². The van der Waals surface area contributed by atoms with Crippen molar-refractivity contribution in [1.29, 1.82) is 0 Å². The number of amides is 2. The topological polar surface area (TPSA) is 118 Å². The zero-order valence-electron chi connectivity index (χ0n) is 23.8. The summed E-state index contributed by atoms with van der Waals surface area (Å²) in [6, 6.07) is 16.9. The number of nitrogens with zero attached hydrogens (tertiary/aromatic N) is 1. The van der Waals surface area contributed by atoms with Crippen LogP contribution in [0, 0.1) is 11.7 Å². The zero-order chi connectivity index (χ0) is 30.0. The molecule has 0 unspecified atom stereocenters. The predicted molar refractivity (Wildman–Crippen MR) is 156 cm³/mol. The van der Waals surface area contributed by atoms with E-state index in [0.29, 0.717) is 79.1 Å². The van der Waals surface area contributed by atoms with Gasteiger partial charge in [0.2, 0.25) is 5.60 Å². The maximum absolute atomic E-state index is 13.4. The second-order valence-corrected chi connectivity index (χ2v) is 11.7. The molecule has 9 nitrogen and oxygen atoms in total. The second-order valence-electron chi connectivity index (χ2n) is 11.7. The zero-order valence-corrected chi connectivity index (χ0v) is 23.8. The fourth-order valence-electron chi connectivity index (χ4n) is 5.98. The summed E-state index contributed by atoms with van der Waals surface area (Å²) >= 11 is 0. The number of rotatable bonds is 9. The third kappa shape index (κ3) is 6.69. The molecule has 3 aromatic rings. The van der Waals surface area contributed by atoms with Gasteiger partial charge in [0.15, 0.2) is 0 Å². The molecule has 1 aliphatic heterocycles. The lowest BCUT2D eigenvalue weighted by molar-refractivity contribution is -0.147. The largest absolute Gasteiger partial charge is 0.478 e. The van der Waals surface area contributed by atoms with E-state index >= 15 is 0 Å². The summed E-state index contributed by atoms with van der Waals surface area (Å²) in [6.45, 7) is 0.928. The van der Waals surface area contributed by atoms with Crippen molar-refractivity contribution in [3.8, 4) is 28.7 Å². The van der Waals surface area contributed by atoms with Gasteiger partial charge < -0.3 is 34.6 Å². The summed E-state index contributed by atoms with van der Waals surface area (Å²) in [4.78, 5) is 26.4. The van der Waals surface area contributed by atoms with Crippen molar-refractivity contribution in [3.05, 3.63) is 72.5 Å². The molecule has 226 valence electrons. The van der Waals surface area contributed by atoms with Gasteiger partial charge >= 0.3 is 12.0 Å². The number of ether oxygens (including phenoxy) is 3. The van der Waals surface area contributed by atoms with E-state index in [2.05, 4.69) is 5.32 Å².